The van der Waals surface area contributed by atoms with Gasteiger partial charge in [0.25, 0.3) is 5.91 Å². The number of para-hydroxylation sites is 1. The highest BCUT2D eigenvalue weighted by atomic mass is 19.1. The molecule has 0 bridgehead atoms. The van der Waals surface area contributed by atoms with Gasteiger partial charge in [0, 0.05) is 29.9 Å². The van der Waals surface area contributed by atoms with Gasteiger partial charge in [-0.25, -0.2) is 9.37 Å². The van der Waals surface area contributed by atoms with E-state index in [1.807, 2.05) is 36.4 Å². The second kappa shape index (κ2) is 7.33. The summed E-state index contributed by atoms with van der Waals surface area (Å²) in [7, 11) is 0. The second-order valence-corrected chi connectivity index (χ2v) is 6.12. The van der Waals surface area contributed by atoms with E-state index in [0.717, 1.165) is 22.0 Å². The van der Waals surface area contributed by atoms with Crippen LogP contribution in [0.25, 0.3) is 22.2 Å². The average molecular weight is 357 g/mol. The number of pyridine rings is 2. The molecule has 0 fully saturated rings. The summed E-state index contributed by atoms with van der Waals surface area (Å²) in [4.78, 5) is 21.6. The fourth-order valence-electron chi connectivity index (χ4n) is 2.91. The van der Waals surface area contributed by atoms with Crippen molar-refractivity contribution in [3.8, 4) is 11.3 Å². The maximum Gasteiger partial charge on any atom is 0.252 e. The molecule has 0 aliphatic heterocycles. The molecule has 132 valence electrons. The van der Waals surface area contributed by atoms with E-state index in [9.17, 15) is 9.18 Å². The minimum atomic E-state index is -0.300. The van der Waals surface area contributed by atoms with Crippen molar-refractivity contribution in [1.29, 1.82) is 0 Å². The Kier molecular flexibility index (Phi) is 4.58. The normalized spacial score (nSPS) is 10.7. The van der Waals surface area contributed by atoms with Crippen molar-refractivity contribution >= 4 is 16.8 Å². The first-order valence-electron chi connectivity index (χ1n) is 8.53. The van der Waals surface area contributed by atoms with Crippen LogP contribution in [0.5, 0.6) is 0 Å². The average Bonchev–Trinajstić information content (AvgIpc) is 2.73. The van der Waals surface area contributed by atoms with Crippen LogP contribution >= 0.6 is 0 Å². The molecule has 27 heavy (non-hydrogen) atoms. The zero-order chi connectivity index (χ0) is 18.6. The Morgan fingerprint density at radius 3 is 2.59 bits per heavy atom. The fraction of sp³-hybridized carbons (Fsp3) is 0.0455. The summed E-state index contributed by atoms with van der Waals surface area (Å²) in [6.45, 7) is 0.317. The number of amides is 1. The standard InChI is InChI=1S/C22H16FN3O/c23-17-9-7-15(8-10-17)13-25-22(27)19-12-21(16-4-3-11-24-14-16)26-20-6-2-1-5-18(19)20/h1-12,14H,13H2,(H,25,27). The Morgan fingerprint density at radius 1 is 1.00 bits per heavy atom. The molecule has 4 aromatic rings. The Bertz CT molecular complexity index is 1100. The lowest BCUT2D eigenvalue weighted by molar-refractivity contribution is 0.0952. The molecule has 4 rings (SSSR count). The smallest absolute Gasteiger partial charge is 0.252 e. The maximum absolute atomic E-state index is 13.0. The topological polar surface area (TPSA) is 54.9 Å². The molecule has 4 nitrogen and oxygen atoms in total. The molecule has 0 aliphatic rings. The highest BCUT2D eigenvalue weighted by molar-refractivity contribution is 6.07. The molecule has 2 aromatic heterocycles. The summed E-state index contributed by atoms with van der Waals surface area (Å²) < 4.78 is 13.0. The number of rotatable bonds is 4. The largest absolute Gasteiger partial charge is 0.348 e. The van der Waals surface area contributed by atoms with Gasteiger partial charge < -0.3 is 5.32 Å². The SMILES string of the molecule is O=C(NCc1ccc(F)cc1)c1cc(-c2cccnc2)nc2ccccc12. The van der Waals surface area contributed by atoms with E-state index >= 15 is 0 Å². The minimum Gasteiger partial charge on any atom is -0.348 e. The molecule has 0 unspecified atom stereocenters. The van der Waals surface area contributed by atoms with E-state index in [1.165, 1.54) is 12.1 Å². The number of carbonyl (C=O) groups is 1. The predicted molar refractivity (Wildman–Crippen MR) is 103 cm³/mol. The lowest BCUT2D eigenvalue weighted by atomic mass is 10.0. The van der Waals surface area contributed by atoms with Crippen LogP contribution in [0, 0.1) is 5.82 Å². The zero-order valence-corrected chi connectivity index (χ0v) is 14.4. The zero-order valence-electron chi connectivity index (χ0n) is 14.4. The third-order valence-electron chi connectivity index (χ3n) is 4.28. The first-order chi connectivity index (χ1) is 13.2. The van der Waals surface area contributed by atoms with Crippen molar-refractivity contribution in [2.75, 3.05) is 0 Å². The van der Waals surface area contributed by atoms with Crippen molar-refractivity contribution in [3.63, 3.8) is 0 Å². The third kappa shape index (κ3) is 3.67. The van der Waals surface area contributed by atoms with Crippen molar-refractivity contribution in [3.05, 3.63) is 96.1 Å². The molecule has 0 spiro atoms. The highest BCUT2D eigenvalue weighted by Crippen LogP contribution is 2.24. The number of aromatic nitrogens is 2. The van der Waals surface area contributed by atoms with Gasteiger partial charge in [-0.3, -0.25) is 9.78 Å². The monoisotopic (exact) mass is 357 g/mol. The van der Waals surface area contributed by atoms with Gasteiger partial charge in [-0.2, -0.15) is 0 Å². The van der Waals surface area contributed by atoms with Crippen molar-refractivity contribution in [1.82, 2.24) is 15.3 Å². The Hall–Kier alpha value is -3.60. The summed E-state index contributed by atoms with van der Waals surface area (Å²) in [6, 6.07) is 19.1. The van der Waals surface area contributed by atoms with E-state index in [0.29, 0.717) is 17.8 Å². The summed E-state index contributed by atoms with van der Waals surface area (Å²) >= 11 is 0. The molecular weight excluding hydrogens is 341 g/mol. The van der Waals surface area contributed by atoms with E-state index < -0.39 is 0 Å². The highest BCUT2D eigenvalue weighted by Gasteiger charge is 2.14. The number of hydrogen-bond donors (Lipinski definition) is 1. The van der Waals surface area contributed by atoms with Crippen LogP contribution in [0.1, 0.15) is 15.9 Å². The number of benzene rings is 2. The summed E-state index contributed by atoms with van der Waals surface area (Å²) in [5.41, 5.74) is 3.65. The minimum absolute atomic E-state index is 0.205. The van der Waals surface area contributed by atoms with Gasteiger partial charge >= 0.3 is 0 Å². The van der Waals surface area contributed by atoms with Gasteiger partial charge in [-0.15, -0.1) is 0 Å². The van der Waals surface area contributed by atoms with Crippen LogP contribution < -0.4 is 5.32 Å². The first kappa shape index (κ1) is 16.8. The first-order valence-corrected chi connectivity index (χ1v) is 8.53. The van der Waals surface area contributed by atoms with Gasteiger partial charge in [0.2, 0.25) is 0 Å². The van der Waals surface area contributed by atoms with Gasteiger partial charge in [0.15, 0.2) is 0 Å². The van der Waals surface area contributed by atoms with E-state index in [2.05, 4.69) is 15.3 Å². The molecule has 2 aromatic carbocycles. The molecule has 1 amide bonds. The van der Waals surface area contributed by atoms with Gasteiger partial charge in [0.05, 0.1) is 16.8 Å². The van der Waals surface area contributed by atoms with Gasteiger partial charge in [0.1, 0.15) is 5.82 Å². The molecular formula is C22H16FN3O. The van der Waals surface area contributed by atoms with E-state index in [4.69, 9.17) is 0 Å². The Labute approximate surface area is 155 Å². The molecule has 2 heterocycles. The van der Waals surface area contributed by atoms with Crippen molar-refractivity contribution in [2.24, 2.45) is 0 Å². The Balaban J connectivity index is 1.69. The van der Waals surface area contributed by atoms with Crippen LogP contribution in [0.2, 0.25) is 0 Å². The molecule has 0 aliphatic carbocycles. The van der Waals surface area contributed by atoms with Gasteiger partial charge in [-0.05, 0) is 42.0 Å². The van der Waals surface area contributed by atoms with Gasteiger partial charge in [-0.1, -0.05) is 30.3 Å². The summed E-state index contributed by atoms with van der Waals surface area (Å²) in [5, 5.41) is 3.68. The molecule has 0 atom stereocenters. The quantitative estimate of drug-likeness (QED) is 0.590. The number of fused-ring (bicyclic) bond motifs is 1. The second-order valence-electron chi connectivity index (χ2n) is 6.12. The number of nitrogens with zero attached hydrogens (tertiary/aromatic N) is 2. The number of nitrogens with one attached hydrogen (secondary N) is 1. The van der Waals surface area contributed by atoms with E-state index in [-0.39, 0.29) is 11.7 Å². The predicted octanol–water partition coefficient (Wildman–Crippen LogP) is 4.37. The molecule has 0 saturated heterocycles. The van der Waals surface area contributed by atoms with Crippen LogP contribution in [0.3, 0.4) is 0 Å². The Morgan fingerprint density at radius 2 is 1.81 bits per heavy atom. The van der Waals surface area contributed by atoms with E-state index in [1.54, 1.807) is 30.6 Å². The number of halogens is 1. The van der Waals surface area contributed by atoms with Crippen molar-refractivity contribution < 1.29 is 9.18 Å². The summed E-state index contributed by atoms with van der Waals surface area (Å²) in [6.07, 6.45) is 3.41. The lowest BCUT2D eigenvalue weighted by Gasteiger charge is -2.10. The van der Waals surface area contributed by atoms with Crippen molar-refractivity contribution in [2.45, 2.75) is 6.54 Å². The van der Waals surface area contributed by atoms with Crippen LogP contribution in [-0.2, 0) is 6.54 Å². The fourth-order valence-corrected chi connectivity index (χ4v) is 2.91. The van der Waals surface area contributed by atoms with Crippen LogP contribution in [0.4, 0.5) is 4.39 Å². The molecule has 1 N–H and O–H groups in total. The van der Waals surface area contributed by atoms with Crippen LogP contribution in [-0.4, -0.2) is 15.9 Å². The summed E-state index contributed by atoms with van der Waals surface area (Å²) in [5.74, 6) is -0.505. The molecule has 0 saturated carbocycles. The molecule has 0 radical (unpaired) electrons. The van der Waals surface area contributed by atoms with Crippen LogP contribution in [0.15, 0.2) is 79.1 Å². The third-order valence-corrected chi connectivity index (χ3v) is 4.28. The lowest BCUT2D eigenvalue weighted by Crippen LogP contribution is -2.23. The molecule has 5 heteroatoms. The number of carbonyl (C=O) groups excluding carboxylic acids is 1. The maximum atomic E-state index is 13.0. The number of hydrogen-bond acceptors (Lipinski definition) is 3.